The summed E-state index contributed by atoms with van der Waals surface area (Å²) in [5.41, 5.74) is 1.16. The third-order valence-electron chi connectivity index (χ3n) is 3.77. The van der Waals surface area contributed by atoms with Gasteiger partial charge >= 0.3 is 0 Å². The first-order valence-electron chi connectivity index (χ1n) is 7.94. The molecule has 1 aromatic heterocycles. The van der Waals surface area contributed by atoms with Gasteiger partial charge in [0.2, 0.25) is 0 Å². The highest BCUT2D eigenvalue weighted by atomic mass is 35.5. The molecule has 0 fully saturated rings. The molecule has 1 aromatic carbocycles. The summed E-state index contributed by atoms with van der Waals surface area (Å²) in [4.78, 5) is 11.2. The van der Waals surface area contributed by atoms with Crippen molar-refractivity contribution in [2.75, 3.05) is 18.8 Å². The van der Waals surface area contributed by atoms with Gasteiger partial charge in [0.15, 0.2) is 5.17 Å². The Hall–Kier alpha value is -1.46. The number of amidine groups is 1. The van der Waals surface area contributed by atoms with Crippen molar-refractivity contribution in [2.24, 2.45) is 4.99 Å². The summed E-state index contributed by atoms with van der Waals surface area (Å²) in [5.74, 6) is 1.15. The molecule has 0 atom stereocenters. The van der Waals surface area contributed by atoms with Crippen molar-refractivity contribution in [2.45, 2.75) is 25.9 Å². The van der Waals surface area contributed by atoms with E-state index in [2.05, 4.69) is 20.5 Å². The summed E-state index contributed by atoms with van der Waals surface area (Å²) in [7, 11) is 0. The van der Waals surface area contributed by atoms with E-state index in [4.69, 9.17) is 16.6 Å². The maximum absolute atomic E-state index is 6.34. The van der Waals surface area contributed by atoms with Crippen molar-refractivity contribution in [3.8, 4) is 0 Å². The third kappa shape index (κ3) is 4.75. The Morgan fingerprint density at radius 2 is 2.22 bits per heavy atom. The second-order valence-electron chi connectivity index (χ2n) is 5.53. The number of aliphatic imine (C=N–C) groups is 1. The highest BCUT2D eigenvalue weighted by Crippen LogP contribution is 2.22. The van der Waals surface area contributed by atoms with Crippen LogP contribution in [0.25, 0.3) is 0 Å². The Balaban J connectivity index is 1.66. The number of thioether (sulfide) groups is 1. The van der Waals surface area contributed by atoms with Crippen molar-refractivity contribution >= 4 is 28.5 Å². The molecule has 0 amide bonds. The number of imidazole rings is 1. The summed E-state index contributed by atoms with van der Waals surface area (Å²) in [5, 5.41) is 1.98. The lowest BCUT2D eigenvalue weighted by atomic mass is 10.2. The molecule has 0 radical (unpaired) electrons. The topological polar surface area (TPSA) is 33.4 Å². The van der Waals surface area contributed by atoms with Crippen molar-refractivity contribution in [1.82, 2.24) is 14.5 Å². The van der Waals surface area contributed by atoms with Gasteiger partial charge in [-0.25, -0.2) is 4.98 Å². The van der Waals surface area contributed by atoms with Gasteiger partial charge in [0.05, 0.1) is 6.33 Å². The van der Waals surface area contributed by atoms with E-state index in [1.54, 1.807) is 0 Å². The van der Waals surface area contributed by atoms with Crippen molar-refractivity contribution in [1.29, 1.82) is 0 Å². The van der Waals surface area contributed by atoms with Crippen LogP contribution in [-0.2, 0) is 13.1 Å². The SMILES string of the molecule is Clc1ccccc1CN(CCCn1ccnc1)C1=NCCCS1. The van der Waals surface area contributed by atoms with Crippen LogP contribution in [-0.4, -0.2) is 38.5 Å². The number of hydrogen-bond acceptors (Lipinski definition) is 4. The molecule has 0 saturated carbocycles. The van der Waals surface area contributed by atoms with Gasteiger partial charge in [-0.15, -0.1) is 0 Å². The lowest BCUT2D eigenvalue weighted by molar-refractivity contribution is 0.396. The Morgan fingerprint density at radius 3 is 2.96 bits per heavy atom. The fourth-order valence-corrected chi connectivity index (χ4v) is 3.75. The van der Waals surface area contributed by atoms with E-state index in [0.29, 0.717) is 0 Å². The maximum Gasteiger partial charge on any atom is 0.159 e. The fraction of sp³-hybridized carbons (Fsp3) is 0.412. The van der Waals surface area contributed by atoms with Gasteiger partial charge in [-0.05, 0) is 24.5 Å². The molecule has 0 bridgehead atoms. The summed E-state index contributed by atoms with van der Waals surface area (Å²) < 4.78 is 2.11. The first-order chi connectivity index (χ1) is 11.3. The molecule has 1 aliphatic heterocycles. The van der Waals surface area contributed by atoms with Crippen LogP contribution in [0.5, 0.6) is 0 Å². The lowest BCUT2D eigenvalue weighted by Gasteiger charge is -2.28. The number of benzene rings is 1. The average molecular weight is 349 g/mol. The molecule has 2 heterocycles. The van der Waals surface area contributed by atoms with Gasteiger partial charge < -0.3 is 9.47 Å². The molecular weight excluding hydrogens is 328 g/mol. The average Bonchev–Trinajstić information content (AvgIpc) is 3.10. The molecule has 4 nitrogen and oxygen atoms in total. The normalized spacial score (nSPS) is 14.6. The van der Waals surface area contributed by atoms with E-state index in [1.807, 2.05) is 48.7 Å². The molecule has 6 heteroatoms. The van der Waals surface area contributed by atoms with E-state index < -0.39 is 0 Å². The third-order valence-corrected chi connectivity index (χ3v) is 5.28. The van der Waals surface area contributed by atoms with Crippen LogP contribution >= 0.6 is 23.4 Å². The van der Waals surface area contributed by atoms with Gasteiger partial charge in [0, 0.05) is 49.3 Å². The Kier molecular flexibility index (Phi) is 6.00. The number of nitrogens with zero attached hydrogens (tertiary/aromatic N) is 4. The first kappa shape index (κ1) is 16.4. The zero-order valence-electron chi connectivity index (χ0n) is 13.1. The van der Waals surface area contributed by atoms with Gasteiger partial charge in [-0.1, -0.05) is 41.6 Å². The fourth-order valence-electron chi connectivity index (χ4n) is 2.58. The number of aromatic nitrogens is 2. The van der Waals surface area contributed by atoms with Gasteiger partial charge in [0.1, 0.15) is 0 Å². The maximum atomic E-state index is 6.34. The minimum atomic E-state index is 0.815. The van der Waals surface area contributed by atoms with Gasteiger partial charge in [0.25, 0.3) is 0 Å². The number of hydrogen-bond donors (Lipinski definition) is 0. The van der Waals surface area contributed by atoms with Crippen LogP contribution in [0, 0.1) is 0 Å². The van der Waals surface area contributed by atoms with Crippen molar-refractivity contribution in [3.63, 3.8) is 0 Å². The van der Waals surface area contributed by atoms with Crippen molar-refractivity contribution in [3.05, 3.63) is 53.6 Å². The van der Waals surface area contributed by atoms with Crippen LogP contribution in [0.1, 0.15) is 18.4 Å². The number of aryl methyl sites for hydroxylation is 1. The highest BCUT2D eigenvalue weighted by molar-refractivity contribution is 8.13. The van der Waals surface area contributed by atoms with Crippen LogP contribution in [0.2, 0.25) is 5.02 Å². The second-order valence-corrected chi connectivity index (χ2v) is 7.00. The smallest absolute Gasteiger partial charge is 0.159 e. The summed E-state index contributed by atoms with van der Waals surface area (Å²) in [6.45, 7) is 3.69. The molecule has 0 aliphatic carbocycles. The van der Waals surface area contributed by atoms with E-state index in [1.165, 1.54) is 6.42 Å². The number of halogens is 1. The van der Waals surface area contributed by atoms with E-state index >= 15 is 0 Å². The zero-order valence-corrected chi connectivity index (χ0v) is 14.6. The highest BCUT2D eigenvalue weighted by Gasteiger charge is 2.16. The quantitative estimate of drug-likeness (QED) is 0.793. The van der Waals surface area contributed by atoms with E-state index in [9.17, 15) is 0 Å². The largest absolute Gasteiger partial charge is 0.347 e. The minimum absolute atomic E-state index is 0.815. The molecule has 0 saturated heterocycles. The molecule has 2 aromatic rings. The molecular formula is C17H21ClN4S. The number of rotatable bonds is 6. The molecule has 0 N–H and O–H groups in total. The molecule has 23 heavy (non-hydrogen) atoms. The standard InChI is InChI=1S/C17H21ClN4S/c18-16-6-2-1-5-15(16)13-22(17-20-7-3-12-23-17)10-4-9-21-11-8-19-14-21/h1-2,5-6,8,11,14H,3-4,7,9-10,12-13H2. The van der Waals surface area contributed by atoms with Gasteiger partial charge in [-0.2, -0.15) is 0 Å². The second kappa shape index (κ2) is 8.41. The molecule has 0 unspecified atom stereocenters. The van der Waals surface area contributed by atoms with E-state index in [-0.39, 0.29) is 0 Å². The van der Waals surface area contributed by atoms with Crippen LogP contribution in [0.3, 0.4) is 0 Å². The predicted octanol–water partition coefficient (Wildman–Crippen LogP) is 3.92. The van der Waals surface area contributed by atoms with Gasteiger partial charge in [-0.3, -0.25) is 4.99 Å². The predicted molar refractivity (Wildman–Crippen MR) is 98.1 cm³/mol. The van der Waals surface area contributed by atoms with Crippen LogP contribution in [0.4, 0.5) is 0 Å². The first-order valence-corrected chi connectivity index (χ1v) is 9.30. The molecule has 3 rings (SSSR count). The minimum Gasteiger partial charge on any atom is -0.347 e. The van der Waals surface area contributed by atoms with Crippen LogP contribution in [0.15, 0.2) is 48.0 Å². The van der Waals surface area contributed by atoms with Crippen molar-refractivity contribution < 1.29 is 0 Å². The van der Waals surface area contributed by atoms with Crippen LogP contribution < -0.4 is 0 Å². The monoisotopic (exact) mass is 348 g/mol. The molecule has 1 aliphatic rings. The lowest BCUT2D eigenvalue weighted by Crippen LogP contribution is -2.32. The Morgan fingerprint density at radius 1 is 1.30 bits per heavy atom. The Bertz CT molecular complexity index is 642. The Labute approximate surface area is 146 Å². The zero-order chi connectivity index (χ0) is 15.9. The van der Waals surface area contributed by atoms with E-state index in [0.717, 1.165) is 54.1 Å². The molecule has 122 valence electrons. The summed E-state index contributed by atoms with van der Waals surface area (Å²) >= 11 is 8.19. The summed E-state index contributed by atoms with van der Waals surface area (Å²) in [6.07, 6.45) is 7.92. The summed E-state index contributed by atoms with van der Waals surface area (Å²) in [6, 6.07) is 8.07. The molecule has 0 spiro atoms.